The molecule has 0 aromatic carbocycles. The fourth-order valence-electron chi connectivity index (χ4n) is 4.38. The average Bonchev–Trinajstić information content (AvgIpc) is 2.27. The molecule has 0 aromatic heterocycles. The van der Waals surface area contributed by atoms with Gasteiger partial charge in [0.1, 0.15) is 0 Å². The van der Waals surface area contributed by atoms with Crippen molar-refractivity contribution in [3.05, 3.63) is 0 Å². The number of ether oxygens (including phenoxy) is 1. The third kappa shape index (κ3) is 2.98. The Labute approximate surface area is 118 Å². The van der Waals surface area contributed by atoms with E-state index in [1.807, 2.05) is 0 Å². The van der Waals surface area contributed by atoms with Gasteiger partial charge in [-0.05, 0) is 51.9 Å². The fourth-order valence-corrected chi connectivity index (χ4v) is 4.38. The van der Waals surface area contributed by atoms with Crippen LogP contribution in [0.2, 0.25) is 0 Å². The van der Waals surface area contributed by atoms with Crippen LogP contribution in [0.5, 0.6) is 0 Å². The largest absolute Gasteiger partial charge is 0.370 e. The summed E-state index contributed by atoms with van der Waals surface area (Å²) in [5, 5.41) is 0. The SMILES string of the molecule is CC1CCC(CN)(N2CC(C)OC(C)(C)C2)C(C)C1. The topological polar surface area (TPSA) is 38.5 Å². The summed E-state index contributed by atoms with van der Waals surface area (Å²) in [7, 11) is 0. The summed E-state index contributed by atoms with van der Waals surface area (Å²) in [6.45, 7) is 14.2. The Balaban J connectivity index is 2.20. The second kappa shape index (κ2) is 5.34. The van der Waals surface area contributed by atoms with E-state index in [4.69, 9.17) is 10.5 Å². The maximum atomic E-state index is 6.26. The van der Waals surface area contributed by atoms with Gasteiger partial charge in [0.05, 0.1) is 11.7 Å². The lowest BCUT2D eigenvalue weighted by atomic mass is 9.68. The molecule has 1 aliphatic carbocycles. The minimum absolute atomic E-state index is 0.0530. The Morgan fingerprint density at radius 3 is 2.47 bits per heavy atom. The predicted octanol–water partition coefficient (Wildman–Crippen LogP) is 2.64. The third-order valence-electron chi connectivity index (χ3n) is 5.30. The van der Waals surface area contributed by atoms with Crippen molar-refractivity contribution < 1.29 is 4.74 Å². The smallest absolute Gasteiger partial charge is 0.0757 e. The Kier molecular flexibility index (Phi) is 4.29. The fraction of sp³-hybridized carbons (Fsp3) is 1.00. The van der Waals surface area contributed by atoms with E-state index in [0.717, 1.165) is 25.6 Å². The molecule has 0 aromatic rings. The number of morpholine rings is 1. The third-order valence-corrected chi connectivity index (χ3v) is 5.30. The summed E-state index contributed by atoms with van der Waals surface area (Å²) >= 11 is 0. The molecule has 1 aliphatic heterocycles. The molecular formula is C16H32N2O. The van der Waals surface area contributed by atoms with Gasteiger partial charge in [-0.3, -0.25) is 4.90 Å². The molecule has 4 unspecified atom stereocenters. The van der Waals surface area contributed by atoms with Gasteiger partial charge in [-0.25, -0.2) is 0 Å². The second-order valence-corrected chi connectivity index (χ2v) is 7.66. The first-order valence-corrected chi connectivity index (χ1v) is 7.92. The van der Waals surface area contributed by atoms with Crippen LogP contribution < -0.4 is 5.73 Å². The van der Waals surface area contributed by atoms with E-state index < -0.39 is 0 Å². The lowest BCUT2D eigenvalue weighted by molar-refractivity contribution is -0.166. The number of hydrogen-bond donors (Lipinski definition) is 1. The van der Waals surface area contributed by atoms with Crippen LogP contribution >= 0.6 is 0 Å². The van der Waals surface area contributed by atoms with Crippen molar-refractivity contribution in [3.63, 3.8) is 0 Å². The highest BCUT2D eigenvalue weighted by Crippen LogP contribution is 2.42. The minimum atomic E-state index is -0.0530. The van der Waals surface area contributed by atoms with Gasteiger partial charge in [-0.1, -0.05) is 13.8 Å². The van der Waals surface area contributed by atoms with E-state index in [-0.39, 0.29) is 11.1 Å². The zero-order valence-corrected chi connectivity index (χ0v) is 13.4. The van der Waals surface area contributed by atoms with Gasteiger partial charge in [0.15, 0.2) is 0 Å². The van der Waals surface area contributed by atoms with Gasteiger partial charge in [0, 0.05) is 25.2 Å². The zero-order chi connectivity index (χ0) is 14.3. The van der Waals surface area contributed by atoms with Crippen molar-refractivity contribution in [2.45, 2.75) is 71.1 Å². The standard InChI is InChI=1S/C16H32N2O/c1-12-6-7-16(10-17,13(2)8-12)18-9-14(3)19-15(4,5)11-18/h12-14H,6-11,17H2,1-5H3. The van der Waals surface area contributed by atoms with Crippen molar-refractivity contribution in [1.82, 2.24) is 4.90 Å². The Hall–Kier alpha value is -0.120. The molecule has 1 heterocycles. The molecule has 1 saturated carbocycles. The lowest BCUT2D eigenvalue weighted by Crippen LogP contribution is -2.66. The monoisotopic (exact) mass is 268 g/mol. The second-order valence-electron chi connectivity index (χ2n) is 7.66. The van der Waals surface area contributed by atoms with E-state index in [1.165, 1.54) is 19.3 Å². The molecule has 0 amide bonds. The Morgan fingerprint density at radius 1 is 1.26 bits per heavy atom. The maximum absolute atomic E-state index is 6.26. The van der Waals surface area contributed by atoms with Gasteiger partial charge in [-0.2, -0.15) is 0 Å². The number of nitrogens with two attached hydrogens (primary N) is 1. The van der Waals surface area contributed by atoms with Gasteiger partial charge in [0.2, 0.25) is 0 Å². The summed E-state index contributed by atoms with van der Waals surface area (Å²) < 4.78 is 6.06. The molecule has 1 saturated heterocycles. The predicted molar refractivity (Wildman–Crippen MR) is 80.2 cm³/mol. The van der Waals surface area contributed by atoms with Crippen LogP contribution in [0.1, 0.15) is 53.9 Å². The van der Waals surface area contributed by atoms with E-state index in [0.29, 0.717) is 12.0 Å². The number of hydrogen-bond acceptors (Lipinski definition) is 3. The molecular weight excluding hydrogens is 236 g/mol. The van der Waals surface area contributed by atoms with E-state index in [1.54, 1.807) is 0 Å². The minimum Gasteiger partial charge on any atom is -0.370 e. The first-order valence-electron chi connectivity index (χ1n) is 7.92. The molecule has 0 radical (unpaired) electrons. The molecule has 2 N–H and O–H groups in total. The highest BCUT2D eigenvalue weighted by Gasteiger charge is 2.47. The summed E-state index contributed by atoms with van der Waals surface area (Å²) in [4.78, 5) is 2.65. The van der Waals surface area contributed by atoms with Gasteiger partial charge in [0.25, 0.3) is 0 Å². The van der Waals surface area contributed by atoms with Gasteiger partial charge in [-0.15, -0.1) is 0 Å². The van der Waals surface area contributed by atoms with Crippen molar-refractivity contribution in [3.8, 4) is 0 Å². The number of rotatable bonds is 2. The molecule has 2 rings (SSSR count). The molecule has 4 atom stereocenters. The molecule has 0 spiro atoms. The highest BCUT2D eigenvalue weighted by atomic mass is 16.5. The first kappa shape index (κ1) is 15.3. The molecule has 0 bridgehead atoms. The quantitative estimate of drug-likeness (QED) is 0.837. The van der Waals surface area contributed by atoms with Crippen LogP contribution in [0.25, 0.3) is 0 Å². The zero-order valence-electron chi connectivity index (χ0n) is 13.4. The Bertz CT molecular complexity index is 318. The lowest BCUT2D eigenvalue weighted by Gasteiger charge is -2.56. The molecule has 3 nitrogen and oxygen atoms in total. The van der Waals surface area contributed by atoms with Crippen LogP contribution in [0.3, 0.4) is 0 Å². The van der Waals surface area contributed by atoms with Crippen molar-refractivity contribution in [2.24, 2.45) is 17.6 Å². The van der Waals surface area contributed by atoms with E-state index in [2.05, 4.69) is 39.5 Å². The van der Waals surface area contributed by atoms with Crippen LogP contribution in [0, 0.1) is 11.8 Å². The van der Waals surface area contributed by atoms with Crippen molar-refractivity contribution in [2.75, 3.05) is 19.6 Å². The number of nitrogens with zero attached hydrogens (tertiary/aromatic N) is 1. The molecule has 3 heteroatoms. The van der Waals surface area contributed by atoms with Crippen LogP contribution in [-0.4, -0.2) is 41.8 Å². The summed E-state index contributed by atoms with van der Waals surface area (Å²) in [5.74, 6) is 1.53. The molecule has 112 valence electrons. The highest BCUT2D eigenvalue weighted by molar-refractivity contribution is 5.02. The van der Waals surface area contributed by atoms with Crippen molar-refractivity contribution in [1.29, 1.82) is 0 Å². The molecule has 2 aliphatic rings. The average molecular weight is 268 g/mol. The maximum Gasteiger partial charge on any atom is 0.0757 e. The van der Waals surface area contributed by atoms with Crippen LogP contribution in [-0.2, 0) is 4.74 Å². The first-order chi connectivity index (χ1) is 8.79. The van der Waals surface area contributed by atoms with Gasteiger partial charge < -0.3 is 10.5 Å². The van der Waals surface area contributed by atoms with E-state index in [9.17, 15) is 0 Å². The summed E-state index contributed by atoms with van der Waals surface area (Å²) in [5.41, 5.74) is 6.40. The van der Waals surface area contributed by atoms with E-state index >= 15 is 0 Å². The van der Waals surface area contributed by atoms with Crippen molar-refractivity contribution >= 4 is 0 Å². The normalized spacial score (nSPS) is 44.2. The van der Waals surface area contributed by atoms with Gasteiger partial charge >= 0.3 is 0 Å². The molecule has 2 fully saturated rings. The van der Waals surface area contributed by atoms with Crippen LogP contribution in [0.15, 0.2) is 0 Å². The summed E-state index contributed by atoms with van der Waals surface area (Å²) in [6.07, 6.45) is 4.17. The molecule has 19 heavy (non-hydrogen) atoms. The summed E-state index contributed by atoms with van der Waals surface area (Å²) in [6, 6.07) is 0. The Morgan fingerprint density at radius 2 is 1.95 bits per heavy atom. The van der Waals surface area contributed by atoms with Crippen LogP contribution in [0.4, 0.5) is 0 Å².